The average molecular weight is 222 g/mol. The maximum atomic E-state index is 10.7. The number of nitrogens with two attached hydrogens (primary N) is 1. The van der Waals surface area contributed by atoms with Gasteiger partial charge >= 0.3 is 0 Å². The molecule has 1 heterocycles. The summed E-state index contributed by atoms with van der Waals surface area (Å²) in [6.45, 7) is 0. The smallest absolute Gasteiger partial charge is 0.249 e. The van der Waals surface area contributed by atoms with Crippen LogP contribution < -0.4 is 5.73 Å². The van der Waals surface area contributed by atoms with E-state index >= 15 is 0 Å². The number of fused-ring (bicyclic) bond motifs is 1. The van der Waals surface area contributed by atoms with Crippen LogP contribution in [0.3, 0.4) is 0 Å². The Labute approximate surface area is 90.3 Å². The molecule has 0 fully saturated rings. The van der Waals surface area contributed by atoms with E-state index in [0.29, 0.717) is 16.7 Å². The molecule has 6 heteroatoms. The van der Waals surface area contributed by atoms with E-state index < -0.39 is 18.1 Å². The first-order valence-electron chi connectivity index (χ1n) is 4.58. The summed E-state index contributed by atoms with van der Waals surface area (Å²) in [6, 6.07) is 4.65. The molecule has 0 aliphatic heterocycles. The van der Waals surface area contributed by atoms with Crippen molar-refractivity contribution in [2.45, 2.75) is 12.2 Å². The standard InChI is InChI=1S/C10H10N2O4/c11-10(15)9(14)8(13)5-1-2-7-6(3-5)12-4-16-7/h1-4,8-9,13-14H,(H2,11,15). The number of carbonyl (C=O) groups excluding carboxylic acids is 1. The minimum Gasteiger partial charge on any atom is -0.443 e. The van der Waals surface area contributed by atoms with Crippen molar-refractivity contribution in [3.05, 3.63) is 30.2 Å². The number of benzene rings is 1. The van der Waals surface area contributed by atoms with Gasteiger partial charge in [-0.2, -0.15) is 0 Å². The Hall–Kier alpha value is -1.92. The molecule has 84 valence electrons. The van der Waals surface area contributed by atoms with Gasteiger partial charge in [-0.3, -0.25) is 4.79 Å². The minimum absolute atomic E-state index is 0.354. The van der Waals surface area contributed by atoms with Gasteiger partial charge in [-0.25, -0.2) is 4.98 Å². The summed E-state index contributed by atoms with van der Waals surface area (Å²) >= 11 is 0. The van der Waals surface area contributed by atoms with Gasteiger partial charge in [0.25, 0.3) is 0 Å². The predicted octanol–water partition coefficient (Wildman–Crippen LogP) is -0.293. The van der Waals surface area contributed by atoms with E-state index in [0.717, 1.165) is 0 Å². The van der Waals surface area contributed by atoms with Crippen molar-refractivity contribution in [3.8, 4) is 0 Å². The van der Waals surface area contributed by atoms with Gasteiger partial charge in [0.2, 0.25) is 5.91 Å². The number of aliphatic hydroxyl groups is 2. The molecule has 1 amide bonds. The molecular weight excluding hydrogens is 212 g/mol. The molecule has 2 unspecified atom stereocenters. The predicted molar refractivity (Wildman–Crippen MR) is 54.2 cm³/mol. The molecule has 1 aromatic heterocycles. The molecular formula is C10H10N2O4. The van der Waals surface area contributed by atoms with Gasteiger partial charge in [0.1, 0.15) is 11.6 Å². The molecule has 0 bridgehead atoms. The first-order valence-corrected chi connectivity index (χ1v) is 4.58. The number of carbonyl (C=O) groups is 1. The number of primary amides is 1. The molecule has 4 N–H and O–H groups in total. The fraction of sp³-hybridized carbons (Fsp3) is 0.200. The summed E-state index contributed by atoms with van der Waals surface area (Å²) in [5.41, 5.74) is 6.33. The molecule has 16 heavy (non-hydrogen) atoms. The molecule has 2 atom stereocenters. The van der Waals surface area contributed by atoms with Crippen molar-refractivity contribution in [2.24, 2.45) is 5.73 Å². The van der Waals surface area contributed by atoms with Crippen molar-refractivity contribution in [1.82, 2.24) is 4.98 Å². The number of rotatable bonds is 3. The maximum Gasteiger partial charge on any atom is 0.249 e. The van der Waals surface area contributed by atoms with Crippen LogP contribution in [0.2, 0.25) is 0 Å². The minimum atomic E-state index is -1.63. The number of hydrogen-bond donors (Lipinski definition) is 3. The molecule has 1 aromatic carbocycles. The van der Waals surface area contributed by atoms with Crippen LogP contribution >= 0.6 is 0 Å². The van der Waals surface area contributed by atoms with Crippen LogP contribution in [0, 0.1) is 0 Å². The fourth-order valence-corrected chi connectivity index (χ4v) is 1.40. The van der Waals surface area contributed by atoms with Crippen molar-refractivity contribution in [1.29, 1.82) is 0 Å². The molecule has 2 rings (SSSR count). The second kappa shape index (κ2) is 3.92. The van der Waals surface area contributed by atoms with Crippen molar-refractivity contribution in [2.75, 3.05) is 0 Å². The topological polar surface area (TPSA) is 110 Å². The lowest BCUT2D eigenvalue weighted by Gasteiger charge is -2.14. The first-order chi connectivity index (χ1) is 7.59. The van der Waals surface area contributed by atoms with Crippen LogP contribution in [0.5, 0.6) is 0 Å². The van der Waals surface area contributed by atoms with Crippen LogP contribution in [-0.2, 0) is 4.79 Å². The van der Waals surface area contributed by atoms with Crippen molar-refractivity contribution in [3.63, 3.8) is 0 Å². The highest BCUT2D eigenvalue weighted by atomic mass is 16.3. The SMILES string of the molecule is NC(=O)C(O)C(O)c1ccc2ocnc2c1. The number of nitrogens with zero attached hydrogens (tertiary/aromatic N) is 1. The Morgan fingerprint density at radius 2 is 2.19 bits per heavy atom. The molecule has 0 saturated heterocycles. The highest BCUT2D eigenvalue weighted by Crippen LogP contribution is 2.21. The maximum absolute atomic E-state index is 10.7. The molecule has 0 spiro atoms. The molecule has 0 aliphatic rings. The van der Waals surface area contributed by atoms with E-state index in [-0.39, 0.29) is 0 Å². The third-order valence-corrected chi connectivity index (χ3v) is 2.29. The Kier molecular flexibility index (Phi) is 2.59. The van der Waals surface area contributed by atoms with E-state index in [1.54, 1.807) is 6.07 Å². The van der Waals surface area contributed by atoms with E-state index in [1.165, 1.54) is 18.5 Å². The Bertz CT molecular complexity index is 522. The number of oxazole rings is 1. The fourth-order valence-electron chi connectivity index (χ4n) is 1.40. The molecule has 6 nitrogen and oxygen atoms in total. The monoisotopic (exact) mass is 222 g/mol. The summed E-state index contributed by atoms with van der Waals surface area (Å²) in [7, 11) is 0. The molecule has 0 saturated carbocycles. The van der Waals surface area contributed by atoms with Crippen LogP contribution in [0.1, 0.15) is 11.7 Å². The third-order valence-electron chi connectivity index (χ3n) is 2.29. The van der Waals surface area contributed by atoms with Crippen molar-refractivity contribution >= 4 is 17.0 Å². The third kappa shape index (κ3) is 1.75. The second-order valence-corrected chi connectivity index (χ2v) is 3.37. The summed E-state index contributed by atoms with van der Waals surface area (Å²) in [6.07, 6.45) is -1.73. The van der Waals surface area contributed by atoms with Crippen LogP contribution in [-0.4, -0.2) is 27.2 Å². The van der Waals surface area contributed by atoms with Crippen LogP contribution in [0.4, 0.5) is 0 Å². The lowest BCUT2D eigenvalue weighted by molar-refractivity contribution is -0.131. The lowest BCUT2D eigenvalue weighted by atomic mass is 10.0. The van der Waals surface area contributed by atoms with Gasteiger partial charge in [0.15, 0.2) is 18.1 Å². The number of aliphatic hydroxyl groups excluding tert-OH is 2. The molecule has 2 aromatic rings. The quantitative estimate of drug-likeness (QED) is 0.660. The second-order valence-electron chi connectivity index (χ2n) is 3.37. The van der Waals surface area contributed by atoms with E-state index in [4.69, 9.17) is 10.2 Å². The Morgan fingerprint density at radius 3 is 2.88 bits per heavy atom. The van der Waals surface area contributed by atoms with Crippen LogP contribution in [0.15, 0.2) is 29.0 Å². The number of hydrogen-bond acceptors (Lipinski definition) is 5. The van der Waals surface area contributed by atoms with Gasteiger partial charge in [-0.05, 0) is 17.7 Å². The number of amides is 1. The van der Waals surface area contributed by atoms with Gasteiger partial charge in [0, 0.05) is 0 Å². The highest BCUT2D eigenvalue weighted by molar-refractivity contribution is 5.80. The zero-order valence-electron chi connectivity index (χ0n) is 8.20. The molecule has 0 aliphatic carbocycles. The summed E-state index contributed by atoms with van der Waals surface area (Å²) in [5.74, 6) is -0.979. The lowest BCUT2D eigenvalue weighted by Crippen LogP contribution is -2.33. The summed E-state index contributed by atoms with van der Waals surface area (Å²) in [5, 5.41) is 18.9. The summed E-state index contributed by atoms with van der Waals surface area (Å²) in [4.78, 5) is 14.6. The van der Waals surface area contributed by atoms with E-state index in [2.05, 4.69) is 4.98 Å². The summed E-state index contributed by atoms with van der Waals surface area (Å²) < 4.78 is 5.01. The van der Waals surface area contributed by atoms with Gasteiger partial charge in [-0.1, -0.05) is 6.07 Å². The van der Waals surface area contributed by atoms with Gasteiger partial charge in [0.05, 0.1) is 0 Å². The molecule has 0 radical (unpaired) electrons. The van der Waals surface area contributed by atoms with Gasteiger partial charge < -0.3 is 20.4 Å². The van der Waals surface area contributed by atoms with Crippen molar-refractivity contribution < 1.29 is 19.4 Å². The Balaban J connectivity index is 2.35. The first kappa shape index (κ1) is 10.6. The zero-order valence-corrected chi connectivity index (χ0v) is 8.20. The average Bonchev–Trinajstić information content (AvgIpc) is 2.73. The largest absolute Gasteiger partial charge is 0.443 e. The van der Waals surface area contributed by atoms with Gasteiger partial charge in [-0.15, -0.1) is 0 Å². The number of aromatic nitrogens is 1. The Morgan fingerprint density at radius 1 is 1.44 bits per heavy atom. The van der Waals surface area contributed by atoms with Crippen LogP contribution in [0.25, 0.3) is 11.1 Å². The normalized spacial score (nSPS) is 14.9. The van der Waals surface area contributed by atoms with E-state index in [9.17, 15) is 15.0 Å². The van der Waals surface area contributed by atoms with E-state index in [1.807, 2.05) is 0 Å². The highest BCUT2D eigenvalue weighted by Gasteiger charge is 2.23. The zero-order chi connectivity index (χ0) is 11.7.